The number of hydrogen-bond donors (Lipinski definition) is 1. The van der Waals surface area contributed by atoms with Crippen molar-refractivity contribution < 1.29 is 14.3 Å². The molecule has 1 aliphatic rings. The molecule has 1 N–H and O–H groups in total. The number of carbonyl (C=O) groups excluding carboxylic acids is 2. The fraction of sp³-hybridized carbons (Fsp3) is 0.364. The summed E-state index contributed by atoms with van der Waals surface area (Å²) in [5.41, 5.74) is 1.82. The predicted molar refractivity (Wildman–Crippen MR) is 120 cm³/mol. The second-order valence-electron chi connectivity index (χ2n) is 7.42. The molecule has 0 aromatic heterocycles. The van der Waals surface area contributed by atoms with E-state index >= 15 is 0 Å². The lowest BCUT2D eigenvalue weighted by atomic mass is 9.95. The molecule has 0 spiro atoms. The minimum Gasteiger partial charge on any atom is -0.492 e. The molecule has 1 fully saturated rings. The summed E-state index contributed by atoms with van der Waals surface area (Å²) in [6, 6.07) is 15.2. The molecule has 7 heteroatoms. The third kappa shape index (κ3) is 4.70. The summed E-state index contributed by atoms with van der Waals surface area (Å²) in [5.74, 6) is 1.27. The summed E-state index contributed by atoms with van der Waals surface area (Å²) in [7, 11) is 0. The Morgan fingerprint density at radius 3 is 2.59 bits per heavy atom. The van der Waals surface area contributed by atoms with Gasteiger partial charge in [0.2, 0.25) is 11.8 Å². The van der Waals surface area contributed by atoms with Crippen molar-refractivity contribution in [1.29, 1.82) is 0 Å². The first-order valence-electron chi connectivity index (χ1n) is 9.50. The van der Waals surface area contributed by atoms with Crippen LogP contribution < -0.4 is 15.0 Å². The number of nitrogens with one attached hydrogen (secondary N) is 1. The minimum absolute atomic E-state index is 0.0494. The smallest absolute Gasteiger partial charge is 0.238 e. The molecule has 0 saturated carbocycles. The summed E-state index contributed by atoms with van der Waals surface area (Å²) in [5, 5.41) is 2.75. The van der Waals surface area contributed by atoms with Crippen LogP contribution in [0.2, 0.25) is 0 Å². The molecule has 3 rings (SSSR count). The highest BCUT2D eigenvalue weighted by atomic mass is 35.5. The lowest BCUT2D eigenvalue weighted by Crippen LogP contribution is -2.32. The highest BCUT2D eigenvalue weighted by molar-refractivity contribution is 8.00. The van der Waals surface area contributed by atoms with E-state index in [0.29, 0.717) is 23.8 Å². The molecule has 1 heterocycles. The van der Waals surface area contributed by atoms with Gasteiger partial charge in [-0.25, -0.2) is 0 Å². The molecule has 5 nitrogen and oxygen atoms in total. The van der Waals surface area contributed by atoms with Gasteiger partial charge < -0.3 is 10.1 Å². The molecule has 1 atom stereocenters. The quantitative estimate of drug-likeness (QED) is 0.620. The van der Waals surface area contributed by atoms with Gasteiger partial charge in [0, 0.05) is 11.6 Å². The normalized spacial score (nSPS) is 16.8. The van der Waals surface area contributed by atoms with Gasteiger partial charge in [-0.2, -0.15) is 0 Å². The minimum atomic E-state index is -0.645. The molecule has 154 valence electrons. The standard InChI is InChI=1S/C22H25ClN2O3S/c1-4-28-18-8-6-5-7-17(18)25-19(26)13-29-20(25)15-9-11-16(12-10-15)24-21(27)22(2,3)14-23/h5-12,20H,4,13-14H2,1-3H3,(H,24,27). The highest BCUT2D eigenvalue weighted by Gasteiger charge is 2.35. The number of nitrogens with zero attached hydrogens (tertiary/aromatic N) is 1. The fourth-order valence-electron chi connectivity index (χ4n) is 2.96. The number of halogens is 1. The number of amides is 2. The van der Waals surface area contributed by atoms with Gasteiger partial charge >= 0.3 is 0 Å². The molecule has 2 aromatic rings. The number of anilines is 2. The second-order valence-corrected chi connectivity index (χ2v) is 8.76. The van der Waals surface area contributed by atoms with Crippen LogP contribution >= 0.6 is 23.4 Å². The second kappa shape index (κ2) is 9.09. The van der Waals surface area contributed by atoms with Crippen molar-refractivity contribution in [2.24, 2.45) is 5.41 Å². The lowest BCUT2D eigenvalue weighted by molar-refractivity contribution is -0.123. The van der Waals surface area contributed by atoms with Crippen molar-refractivity contribution in [3.8, 4) is 5.75 Å². The first-order chi connectivity index (χ1) is 13.9. The van der Waals surface area contributed by atoms with E-state index in [2.05, 4.69) is 5.32 Å². The number of rotatable bonds is 7. The van der Waals surface area contributed by atoms with Crippen LogP contribution in [0.4, 0.5) is 11.4 Å². The first-order valence-corrected chi connectivity index (χ1v) is 11.1. The summed E-state index contributed by atoms with van der Waals surface area (Å²) < 4.78 is 5.73. The van der Waals surface area contributed by atoms with E-state index in [9.17, 15) is 9.59 Å². The van der Waals surface area contributed by atoms with E-state index in [1.54, 1.807) is 30.5 Å². The molecule has 0 bridgehead atoms. The van der Waals surface area contributed by atoms with Crippen LogP contribution in [0.25, 0.3) is 0 Å². The van der Waals surface area contributed by atoms with Crippen LogP contribution in [0.3, 0.4) is 0 Å². The molecular formula is C22H25ClN2O3S. The molecular weight excluding hydrogens is 408 g/mol. The Bertz CT molecular complexity index is 886. The van der Waals surface area contributed by atoms with Gasteiger partial charge in [0.15, 0.2) is 0 Å². The zero-order valence-electron chi connectivity index (χ0n) is 16.8. The average Bonchev–Trinajstić information content (AvgIpc) is 3.10. The Morgan fingerprint density at radius 2 is 1.93 bits per heavy atom. The largest absolute Gasteiger partial charge is 0.492 e. The summed E-state index contributed by atoms with van der Waals surface area (Å²) in [6.45, 7) is 6.06. The van der Waals surface area contributed by atoms with Crippen LogP contribution in [0.15, 0.2) is 48.5 Å². The number of benzene rings is 2. The average molecular weight is 433 g/mol. The van der Waals surface area contributed by atoms with Crippen LogP contribution in [0.1, 0.15) is 31.7 Å². The van der Waals surface area contributed by atoms with Crippen molar-refractivity contribution in [2.75, 3.05) is 28.5 Å². The summed E-state index contributed by atoms with van der Waals surface area (Å²) in [6.07, 6.45) is 0. The topological polar surface area (TPSA) is 58.6 Å². The molecule has 2 amide bonds. The predicted octanol–water partition coefficient (Wildman–Crippen LogP) is 5.07. The van der Waals surface area contributed by atoms with E-state index < -0.39 is 5.41 Å². The number of para-hydroxylation sites is 2. The van der Waals surface area contributed by atoms with Crippen molar-refractivity contribution in [1.82, 2.24) is 0 Å². The van der Waals surface area contributed by atoms with Crippen molar-refractivity contribution in [3.63, 3.8) is 0 Å². The van der Waals surface area contributed by atoms with Gasteiger partial charge in [-0.3, -0.25) is 14.5 Å². The highest BCUT2D eigenvalue weighted by Crippen LogP contribution is 2.44. The van der Waals surface area contributed by atoms with Crippen LogP contribution in [0, 0.1) is 5.41 Å². The summed E-state index contributed by atoms with van der Waals surface area (Å²) >= 11 is 7.45. The number of thioether (sulfide) groups is 1. The van der Waals surface area contributed by atoms with E-state index in [-0.39, 0.29) is 23.1 Å². The Kier molecular flexibility index (Phi) is 6.75. The SMILES string of the molecule is CCOc1ccccc1N1C(=O)CSC1c1ccc(NC(=O)C(C)(C)CCl)cc1. The van der Waals surface area contributed by atoms with Gasteiger partial charge in [0.1, 0.15) is 11.1 Å². The maximum Gasteiger partial charge on any atom is 0.238 e. The van der Waals surface area contributed by atoms with E-state index in [1.165, 1.54) is 0 Å². The number of ether oxygens (including phenoxy) is 1. The Hall–Kier alpha value is -2.18. The Balaban J connectivity index is 1.83. The maximum absolute atomic E-state index is 12.7. The van der Waals surface area contributed by atoms with Crippen molar-refractivity contribution >= 4 is 46.6 Å². The molecule has 1 aliphatic heterocycles. The summed E-state index contributed by atoms with van der Waals surface area (Å²) in [4.78, 5) is 26.8. The molecule has 0 aliphatic carbocycles. The zero-order chi connectivity index (χ0) is 21.0. The number of hydrogen-bond acceptors (Lipinski definition) is 4. The van der Waals surface area contributed by atoms with Crippen molar-refractivity contribution in [3.05, 3.63) is 54.1 Å². The van der Waals surface area contributed by atoms with Gasteiger partial charge in [0.05, 0.1) is 23.5 Å². The fourth-order valence-corrected chi connectivity index (χ4v) is 4.25. The maximum atomic E-state index is 12.7. The van der Waals surface area contributed by atoms with Crippen LogP contribution in [-0.2, 0) is 9.59 Å². The van der Waals surface area contributed by atoms with Crippen LogP contribution in [-0.4, -0.2) is 30.1 Å². The molecule has 29 heavy (non-hydrogen) atoms. The third-order valence-electron chi connectivity index (χ3n) is 4.69. The van der Waals surface area contributed by atoms with Gasteiger partial charge in [0.25, 0.3) is 0 Å². The van der Waals surface area contributed by atoms with Gasteiger partial charge in [-0.1, -0.05) is 24.3 Å². The van der Waals surface area contributed by atoms with E-state index in [0.717, 1.165) is 11.3 Å². The van der Waals surface area contributed by atoms with Gasteiger partial charge in [-0.05, 0) is 50.6 Å². The first kappa shape index (κ1) is 21.5. The van der Waals surface area contributed by atoms with Crippen molar-refractivity contribution in [2.45, 2.75) is 26.1 Å². The Labute approximate surface area is 180 Å². The molecule has 2 aromatic carbocycles. The Morgan fingerprint density at radius 1 is 1.24 bits per heavy atom. The molecule has 1 unspecified atom stereocenters. The third-order valence-corrected chi connectivity index (χ3v) is 6.58. The van der Waals surface area contributed by atoms with E-state index in [4.69, 9.17) is 16.3 Å². The monoisotopic (exact) mass is 432 g/mol. The van der Waals surface area contributed by atoms with Crippen LogP contribution in [0.5, 0.6) is 5.75 Å². The molecule has 1 saturated heterocycles. The van der Waals surface area contributed by atoms with Gasteiger partial charge in [-0.15, -0.1) is 23.4 Å². The number of alkyl halides is 1. The number of carbonyl (C=O) groups is 2. The lowest BCUT2D eigenvalue weighted by Gasteiger charge is -2.26. The molecule has 0 radical (unpaired) electrons. The zero-order valence-corrected chi connectivity index (χ0v) is 18.3. The van der Waals surface area contributed by atoms with E-state index in [1.807, 2.05) is 55.5 Å².